The van der Waals surface area contributed by atoms with Crippen LogP contribution in [0.5, 0.6) is 0 Å². The van der Waals surface area contributed by atoms with E-state index in [2.05, 4.69) is 15.1 Å². The largest absolute Gasteiger partial charge is 0.459 e. The number of aromatic amines is 1. The number of H-pyrrole nitrogens is 1. The maximum atomic E-state index is 12.0. The molecule has 1 N–H and O–H groups in total. The van der Waals surface area contributed by atoms with Crippen molar-refractivity contribution in [2.45, 2.75) is 13.2 Å². The molecule has 6 nitrogen and oxygen atoms in total. The highest BCUT2D eigenvalue weighted by atomic mass is 16.5. The van der Waals surface area contributed by atoms with Crippen molar-refractivity contribution in [2.24, 2.45) is 0 Å². The van der Waals surface area contributed by atoms with Gasteiger partial charge in [-0.25, -0.2) is 4.98 Å². The highest BCUT2D eigenvalue weighted by molar-refractivity contribution is 5.92. The fraction of sp³-hybridized carbons (Fsp3) is 0.105. The monoisotopic (exact) mass is 332 g/mol. The zero-order valence-electron chi connectivity index (χ0n) is 13.4. The molecule has 0 spiro atoms. The number of nitrogens with one attached hydrogen (secondary N) is 1. The number of carbonyl (C=O) groups is 1. The molecule has 0 radical (unpaired) electrons. The third-order valence-corrected chi connectivity index (χ3v) is 3.94. The molecule has 3 aromatic heterocycles. The van der Waals surface area contributed by atoms with Gasteiger partial charge >= 0.3 is 5.97 Å². The van der Waals surface area contributed by atoms with Gasteiger partial charge in [0.2, 0.25) is 0 Å². The van der Waals surface area contributed by atoms with E-state index in [1.165, 1.54) is 0 Å². The van der Waals surface area contributed by atoms with Crippen LogP contribution in [0.25, 0.3) is 22.2 Å². The number of hydrogen-bond acceptors (Lipinski definition) is 4. The van der Waals surface area contributed by atoms with E-state index < -0.39 is 0 Å². The highest BCUT2D eigenvalue weighted by Crippen LogP contribution is 2.26. The van der Waals surface area contributed by atoms with Crippen molar-refractivity contribution in [3.63, 3.8) is 0 Å². The van der Waals surface area contributed by atoms with Gasteiger partial charge in [0.05, 0.1) is 6.20 Å². The lowest BCUT2D eigenvalue weighted by atomic mass is 10.1. The Labute approximate surface area is 144 Å². The van der Waals surface area contributed by atoms with E-state index >= 15 is 0 Å². The molecule has 0 saturated carbocycles. The minimum absolute atomic E-state index is 0.0776. The molecule has 124 valence electrons. The van der Waals surface area contributed by atoms with Crippen LogP contribution in [0.1, 0.15) is 5.56 Å². The lowest BCUT2D eigenvalue weighted by Crippen LogP contribution is -2.13. The summed E-state index contributed by atoms with van der Waals surface area (Å²) in [7, 11) is 0. The summed E-state index contributed by atoms with van der Waals surface area (Å²) in [5, 5.41) is 5.29. The molecular formula is C19H16N4O2. The molecule has 0 unspecified atom stereocenters. The van der Waals surface area contributed by atoms with Crippen molar-refractivity contribution in [2.75, 3.05) is 0 Å². The third kappa shape index (κ3) is 3.28. The van der Waals surface area contributed by atoms with Crippen LogP contribution < -0.4 is 0 Å². The van der Waals surface area contributed by atoms with E-state index in [0.29, 0.717) is 0 Å². The Morgan fingerprint density at radius 3 is 2.92 bits per heavy atom. The average Bonchev–Trinajstić information content (AvgIpc) is 3.30. The summed E-state index contributed by atoms with van der Waals surface area (Å²) in [4.78, 5) is 19.4. The molecule has 1 aromatic carbocycles. The maximum absolute atomic E-state index is 12.0. The molecule has 6 heteroatoms. The quantitative estimate of drug-likeness (QED) is 0.570. The van der Waals surface area contributed by atoms with Gasteiger partial charge in [0, 0.05) is 29.5 Å². The summed E-state index contributed by atoms with van der Waals surface area (Å²) in [6.45, 7) is 0.344. The predicted octanol–water partition coefficient (Wildman–Crippen LogP) is 3.17. The summed E-state index contributed by atoms with van der Waals surface area (Å²) in [5.74, 6) is -0.319. The van der Waals surface area contributed by atoms with Gasteiger partial charge < -0.3 is 9.72 Å². The topological polar surface area (TPSA) is 72.8 Å². The van der Waals surface area contributed by atoms with Gasteiger partial charge in [-0.15, -0.1) is 0 Å². The molecule has 0 aliphatic heterocycles. The van der Waals surface area contributed by atoms with E-state index in [0.717, 1.165) is 27.7 Å². The molecule has 0 fully saturated rings. The standard InChI is InChI=1S/C19H16N4O2/c24-18(25-13-14-4-2-1-3-5-14)12-23-11-15(10-22-23)16-6-8-20-19-17(16)7-9-21-19/h1-11H,12-13H2,(H,20,21). The van der Waals surface area contributed by atoms with Crippen molar-refractivity contribution in [1.29, 1.82) is 0 Å². The number of hydrogen-bond donors (Lipinski definition) is 1. The van der Waals surface area contributed by atoms with Gasteiger partial charge in [0.1, 0.15) is 18.8 Å². The first kappa shape index (κ1) is 15.1. The van der Waals surface area contributed by atoms with Crippen LogP contribution in [0.4, 0.5) is 0 Å². The van der Waals surface area contributed by atoms with Crippen molar-refractivity contribution in [1.82, 2.24) is 19.7 Å². The first-order valence-corrected chi connectivity index (χ1v) is 7.94. The number of fused-ring (bicyclic) bond motifs is 1. The molecule has 0 atom stereocenters. The van der Waals surface area contributed by atoms with Crippen LogP contribution in [0.2, 0.25) is 0 Å². The van der Waals surface area contributed by atoms with Gasteiger partial charge in [-0.3, -0.25) is 9.48 Å². The van der Waals surface area contributed by atoms with Crippen LogP contribution in [-0.4, -0.2) is 25.7 Å². The first-order chi connectivity index (χ1) is 12.3. The second kappa shape index (κ2) is 6.60. The third-order valence-electron chi connectivity index (χ3n) is 3.94. The SMILES string of the molecule is O=C(Cn1cc(-c2ccnc3[nH]ccc23)cn1)OCc1ccccc1. The number of carbonyl (C=O) groups excluding carboxylic acids is 1. The maximum Gasteiger partial charge on any atom is 0.328 e. The number of rotatable bonds is 5. The van der Waals surface area contributed by atoms with Crippen LogP contribution in [0, 0.1) is 0 Å². The van der Waals surface area contributed by atoms with Crippen LogP contribution in [0.3, 0.4) is 0 Å². The summed E-state index contributed by atoms with van der Waals surface area (Å²) in [5.41, 5.74) is 3.74. The van der Waals surface area contributed by atoms with Crippen molar-refractivity contribution >= 4 is 17.0 Å². The molecule has 4 aromatic rings. The Balaban J connectivity index is 1.44. The first-order valence-electron chi connectivity index (χ1n) is 7.94. The number of esters is 1. The van der Waals surface area contributed by atoms with Crippen molar-refractivity contribution < 1.29 is 9.53 Å². The van der Waals surface area contributed by atoms with E-state index in [4.69, 9.17) is 4.74 Å². The summed E-state index contributed by atoms with van der Waals surface area (Å²) < 4.78 is 6.87. The molecular weight excluding hydrogens is 316 g/mol. The second-order valence-corrected chi connectivity index (χ2v) is 5.67. The number of aromatic nitrogens is 4. The number of nitrogens with zero attached hydrogens (tertiary/aromatic N) is 3. The second-order valence-electron chi connectivity index (χ2n) is 5.67. The fourth-order valence-corrected chi connectivity index (χ4v) is 2.72. The lowest BCUT2D eigenvalue weighted by Gasteiger charge is -2.05. The Morgan fingerprint density at radius 1 is 1.16 bits per heavy atom. The van der Waals surface area contributed by atoms with Crippen molar-refractivity contribution in [3.8, 4) is 11.1 Å². The molecule has 4 rings (SSSR count). The van der Waals surface area contributed by atoms with Gasteiger partial charge in [-0.05, 0) is 23.3 Å². The Bertz CT molecular complexity index is 1000. The van der Waals surface area contributed by atoms with Crippen LogP contribution in [0.15, 0.2) is 67.3 Å². The molecule has 0 saturated heterocycles. The summed E-state index contributed by atoms with van der Waals surface area (Å²) in [6, 6.07) is 13.5. The number of pyridine rings is 1. The molecule has 3 heterocycles. The predicted molar refractivity (Wildman–Crippen MR) is 93.6 cm³/mol. The summed E-state index contributed by atoms with van der Waals surface area (Å²) >= 11 is 0. The van der Waals surface area contributed by atoms with Gasteiger partial charge in [-0.2, -0.15) is 5.10 Å². The Kier molecular flexibility index (Phi) is 4.00. The molecule has 0 aliphatic carbocycles. The molecule has 25 heavy (non-hydrogen) atoms. The Hall–Kier alpha value is -3.41. The minimum atomic E-state index is -0.319. The molecule has 0 aliphatic rings. The number of benzene rings is 1. The lowest BCUT2D eigenvalue weighted by molar-refractivity contribution is -0.145. The summed E-state index contributed by atoms with van der Waals surface area (Å²) in [6.07, 6.45) is 7.18. The smallest absolute Gasteiger partial charge is 0.328 e. The molecule has 0 amide bonds. The normalized spacial score (nSPS) is 10.9. The van der Waals surface area contributed by atoms with E-state index in [-0.39, 0.29) is 19.1 Å². The van der Waals surface area contributed by atoms with Crippen molar-refractivity contribution in [3.05, 3.63) is 72.8 Å². The van der Waals surface area contributed by atoms with E-state index in [1.807, 2.05) is 54.9 Å². The van der Waals surface area contributed by atoms with Crippen LogP contribution >= 0.6 is 0 Å². The van der Waals surface area contributed by atoms with Gasteiger partial charge in [0.25, 0.3) is 0 Å². The van der Waals surface area contributed by atoms with E-state index in [9.17, 15) is 4.79 Å². The minimum Gasteiger partial charge on any atom is -0.459 e. The highest BCUT2D eigenvalue weighted by Gasteiger charge is 2.10. The van der Waals surface area contributed by atoms with Crippen LogP contribution in [-0.2, 0) is 22.7 Å². The van der Waals surface area contributed by atoms with E-state index in [1.54, 1.807) is 17.1 Å². The zero-order chi connectivity index (χ0) is 17.1. The van der Waals surface area contributed by atoms with Gasteiger partial charge in [0.15, 0.2) is 0 Å². The molecule has 0 bridgehead atoms. The average molecular weight is 332 g/mol. The van der Waals surface area contributed by atoms with Gasteiger partial charge in [-0.1, -0.05) is 30.3 Å². The fourth-order valence-electron chi connectivity index (χ4n) is 2.72. The number of ether oxygens (including phenoxy) is 1. The Morgan fingerprint density at radius 2 is 2.04 bits per heavy atom. The zero-order valence-corrected chi connectivity index (χ0v) is 13.4.